The number of aromatic nitrogens is 2. The fourth-order valence-corrected chi connectivity index (χ4v) is 2.49. The summed E-state index contributed by atoms with van der Waals surface area (Å²) in [6.45, 7) is 5.00. The second-order valence-corrected chi connectivity index (χ2v) is 5.86. The zero-order valence-corrected chi connectivity index (χ0v) is 13.5. The predicted octanol–water partition coefficient (Wildman–Crippen LogP) is 4.16. The van der Waals surface area contributed by atoms with E-state index < -0.39 is 0 Å². The molecule has 20 heavy (non-hydrogen) atoms. The average molecular weight is 335 g/mol. The molecule has 0 N–H and O–H groups in total. The van der Waals surface area contributed by atoms with E-state index in [4.69, 9.17) is 0 Å². The van der Waals surface area contributed by atoms with Gasteiger partial charge in [0.2, 0.25) is 0 Å². The van der Waals surface area contributed by atoms with Crippen molar-refractivity contribution in [3.05, 3.63) is 51.3 Å². The zero-order valence-electron chi connectivity index (χ0n) is 11.9. The number of aryl methyl sites for hydroxylation is 1. The van der Waals surface area contributed by atoms with Crippen molar-refractivity contribution in [3.63, 3.8) is 0 Å². The van der Waals surface area contributed by atoms with Gasteiger partial charge in [0, 0.05) is 23.1 Å². The third kappa shape index (κ3) is 3.37. The van der Waals surface area contributed by atoms with Gasteiger partial charge in [-0.05, 0) is 31.0 Å². The van der Waals surface area contributed by atoms with Crippen molar-refractivity contribution in [1.82, 2.24) is 9.78 Å². The minimum absolute atomic E-state index is 0.696. The molecule has 1 heterocycles. The second-order valence-electron chi connectivity index (χ2n) is 4.94. The molecule has 1 aromatic heterocycles. The number of halogens is 1. The maximum atomic E-state index is 11.3. The zero-order chi connectivity index (χ0) is 14.5. The van der Waals surface area contributed by atoms with E-state index in [2.05, 4.69) is 40.1 Å². The van der Waals surface area contributed by atoms with E-state index in [1.165, 1.54) is 0 Å². The quantitative estimate of drug-likeness (QED) is 0.743. The highest BCUT2D eigenvalue weighted by molar-refractivity contribution is 9.10. The van der Waals surface area contributed by atoms with Gasteiger partial charge in [0.15, 0.2) is 6.29 Å². The number of hydrogen-bond acceptors (Lipinski definition) is 2. The van der Waals surface area contributed by atoms with E-state index in [0.717, 1.165) is 52.7 Å². The summed E-state index contributed by atoms with van der Waals surface area (Å²) in [7, 11) is 0. The summed E-state index contributed by atoms with van der Waals surface area (Å²) >= 11 is 3.43. The van der Waals surface area contributed by atoms with Gasteiger partial charge in [-0.15, -0.1) is 0 Å². The third-order valence-electron chi connectivity index (χ3n) is 3.46. The molecule has 0 radical (unpaired) electrons. The number of rotatable bonds is 6. The van der Waals surface area contributed by atoms with Crippen LogP contribution in [0.25, 0.3) is 0 Å². The number of unbranched alkanes of at least 4 members (excludes halogenated alkanes) is 1. The van der Waals surface area contributed by atoms with E-state index in [9.17, 15) is 4.79 Å². The molecule has 2 rings (SSSR count). The molecule has 0 bridgehead atoms. The molecule has 3 nitrogen and oxygen atoms in total. The Kier molecular flexibility index (Phi) is 5.12. The highest BCUT2D eigenvalue weighted by Crippen LogP contribution is 2.18. The topological polar surface area (TPSA) is 34.9 Å². The minimum atomic E-state index is 0.696. The van der Waals surface area contributed by atoms with Gasteiger partial charge < -0.3 is 0 Å². The van der Waals surface area contributed by atoms with Crippen molar-refractivity contribution < 1.29 is 4.79 Å². The lowest BCUT2D eigenvalue weighted by atomic mass is 10.1. The monoisotopic (exact) mass is 334 g/mol. The van der Waals surface area contributed by atoms with Crippen LogP contribution in [0.3, 0.4) is 0 Å². The number of carbonyl (C=O) groups excluding carboxylic acids is 1. The van der Waals surface area contributed by atoms with Crippen molar-refractivity contribution in [2.75, 3.05) is 0 Å². The minimum Gasteiger partial charge on any atom is -0.298 e. The van der Waals surface area contributed by atoms with E-state index in [-0.39, 0.29) is 0 Å². The Morgan fingerprint density at radius 1 is 1.30 bits per heavy atom. The molecule has 0 spiro atoms. The summed E-state index contributed by atoms with van der Waals surface area (Å²) in [4.78, 5) is 11.3. The highest BCUT2D eigenvalue weighted by Gasteiger charge is 2.14. The van der Waals surface area contributed by atoms with Crippen LogP contribution >= 0.6 is 15.9 Å². The first-order chi connectivity index (χ1) is 9.65. The van der Waals surface area contributed by atoms with Crippen LogP contribution in [0.1, 0.15) is 47.1 Å². The third-order valence-corrected chi connectivity index (χ3v) is 3.98. The van der Waals surface area contributed by atoms with Crippen LogP contribution in [0.4, 0.5) is 0 Å². The molecule has 0 aliphatic carbocycles. The van der Waals surface area contributed by atoms with Gasteiger partial charge >= 0.3 is 0 Å². The van der Waals surface area contributed by atoms with Crippen LogP contribution in [0.5, 0.6) is 0 Å². The number of nitrogens with zero attached hydrogens (tertiary/aromatic N) is 2. The van der Waals surface area contributed by atoms with Gasteiger partial charge in [-0.25, -0.2) is 0 Å². The number of benzene rings is 1. The second kappa shape index (κ2) is 6.84. The molecule has 0 aliphatic rings. The van der Waals surface area contributed by atoms with Crippen molar-refractivity contribution in [2.45, 2.75) is 39.7 Å². The van der Waals surface area contributed by atoms with Gasteiger partial charge in [-0.2, -0.15) is 5.10 Å². The molecule has 0 amide bonds. The highest BCUT2D eigenvalue weighted by atomic mass is 79.9. The van der Waals surface area contributed by atoms with Crippen molar-refractivity contribution >= 4 is 22.2 Å². The van der Waals surface area contributed by atoms with Crippen molar-refractivity contribution in [2.24, 2.45) is 0 Å². The normalized spacial score (nSPS) is 10.8. The first-order valence-electron chi connectivity index (χ1n) is 6.91. The Morgan fingerprint density at radius 3 is 2.60 bits per heavy atom. The van der Waals surface area contributed by atoms with Crippen LogP contribution in [-0.2, 0) is 13.0 Å². The summed E-state index contributed by atoms with van der Waals surface area (Å²) in [6.07, 6.45) is 3.83. The Hall–Kier alpha value is -1.42. The molecule has 0 unspecified atom stereocenters. The molecule has 0 saturated heterocycles. The van der Waals surface area contributed by atoms with E-state index in [1.807, 2.05) is 23.7 Å². The fraction of sp³-hybridized carbons (Fsp3) is 0.375. The number of hydrogen-bond donors (Lipinski definition) is 0. The lowest BCUT2D eigenvalue weighted by Crippen LogP contribution is -2.02. The number of aldehydes is 1. The Bertz CT molecular complexity index is 587. The van der Waals surface area contributed by atoms with E-state index in [0.29, 0.717) is 6.42 Å². The van der Waals surface area contributed by atoms with Gasteiger partial charge in [0.1, 0.15) is 0 Å². The summed E-state index contributed by atoms with van der Waals surface area (Å²) in [5.41, 5.74) is 3.75. The average Bonchev–Trinajstić information content (AvgIpc) is 2.74. The molecule has 0 fully saturated rings. The maximum Gasteiger partial charge on any atom is 0.153 e. The predicted molar refractivity (Wildman–Crippen MR) is 84.2 cm³/mol. The molecule has 1 aromatic carbocycles. The van der Waals surface area contributed by atoms with Crippen LogP contribution in [0.2, 0.25) is 0 Å². The molecule has 106 valence electrons. The largest absolute Gasteiger partial charge is 0.298 e. The number of carbonyl (C=O) groups is 1. The standard InChI is InChI=1S/C16H19BrN2O/c1-3-4-9-19-12(2)15(11-20)16(18-19)10-13-5-7-14(17)8-6-13/h5-8,11H,3-4,9-10H2,1-2H3. The molecule has 4 heteroatoms. The van der Waals surface area contributed by atoms with E-state index >= 15 is 0 Å². The molecule has 0 saturated carbocycles. The van der Waals surface area contributed by atoms with Crippen LogP contribution < -0.4 is 0 Å². The van der Waals surface area contributed by atoms with Crippen molar-refractivity contribution in [1.29, 1.82) is 0 Å². The summed E-state index contributed by atoms with van der Waals surface area (Å²) < 4.78 is 3.02. The Morgan fingerprint density at radius 2 is 2.00 bits per heavy atom. The first-order valence-corrected chi connectivity index (χ1v) is 7.71. The first kappa shape index (κ1) is 15.0. The molecule has 2 aromatic rings. The smallest absolute Gasteiger partial charge is 0.153 e. The summed E-state index contributed by atoms with van der Waals surface area (Å²) in [5, 5.41) is 4.61. The maximum absolute atomic E-state index is 11.3. The lowest BCUT2D eigenvalue weighted by Gasteiger charge is -2.02. The van der Waals surface area contributed by atoms with Crippen LogP contribution in [-0.4, -0.2) is 16.1 Å². The molecule has 0 aliphatic heterocycles. The van der Waals surface area contributed by atoms with Crippen LogP contribution in [0.15, 0.2) is 28.7 Å². The van der Waals surface area contributed by atoms with Crippen molar-refractivity contribution in [3.8, 4) is 0 Å². The molecule has 0 atom stereocenters. The Labute approximate surface area is 128 Å². The Balaban J connectivity index is 2.26. The molecular formula is C16H19BrN2O. The lowest BCUT2D eigenvalue weighted by molar-refractivity contribution is 0.112. The summed E-state index contributed by atoms with van der Waals surface area (Å²) in [5.74, 6) is 0. The summed E-state index contributed by atoms with van der Waals surface area (Å²) in [6, 6.07) is 8.13. The van der Waals surface area contributed by atoms with Gasteiger partial charge in [0.25, 0.3) is 0 Å². The van der Waals surface area contributed by atoms with Gasteiger partial charge in [-0.1, -0.05) is 41.4 Å². The van der Waals surface area contributed by atoms with Gasteiger partial charge in [-0.3, -0.25) is 9.48 Å². The molecular weight excluding hydrogens is 316 g/mol. The SMILES string of the molecule is CCCCn1nc(Cc2ccc(Br)cc2)c(C=O)c1C. The van der Waals surface area contributed by atoms with E-state index in [1.54, 1.807) is 0 Å². The fourth-order valence-electron chi connectivity index (χ4n) is 2.23. The van der Waals surface area contributed by atoms with Gasteiger partial charge in [0.05, 0.1) is 11.3 Å². The van der Waals surface area contributed by atoms with Crippen LogP contribution in [0, 0.1) is 6.92 Å².